The minimum atomic E-state index is -2.24. The van der Waals surface area contributed by atoms with E-state index in [1.54, 1.807) is 48.5 Å². The van der Waals surface area contributed by atoms with Crippen LogP contribution >= 0.6 is 0 Å². The van der Waals surface area contributed by atoms with Crippen molar-refractivity contribution in [2.75, 3.05) is 6.61 Å². The van der Waals surface area contributed by atoms with Gasteiger partial charge in [0.25, 0.3) is 0 Å². The van der Waals surface area contributed by atoms with Gasteiger partial charge in [-0.15, -0.1) is 0 Å². The molecule has 0 fully saturated rings. The summed E-state index contributed by atoms with van der Waals surface area (Å²) >= 11 is 0. The molecule has 0 amide bonds. The van der Waals surface area contributed by atoms with Crippen LogP contribution in [0.1, 0.15) is 20.7 Å². The van der Waals surface area contributed by atoms with Crippen LogP contribution in [0, 0.1) is 0 Å². The highest BCUT2D eigenvalue weighted by atomic mass is 16.6. The molecule has 2 aromatic rings. The van der Waals surface area contributed by atoms with Gasteiger partial charge in [-0.2, -0.15) is 0 Å². The number of hydrogen-bond donors (Lipinski definition) is 3. The van der Waals surface area contributed by atoms with Gasteiger partial charge in [0.15, 0.2) is 11.7 Å². The molecule has 2 aromatic carbocycles. The first-order valence-electron chi connectivity index (χ1n) is 8.67. The first-order chi connectivity index (χ1) is 13.5. The van der Waals surface area contributed by atoms with E-state index in [-0.39, 0.29) is 11.1 Å². The van der Waals surface area contributed by atoms with Crippen LogP contribution in [0.3, 0.4) is 0 Å². The fourth-order valence-corrected chi connectivity index (χ4v) is 2.89. The quantitative estimate of drug-likeness (QED) is 0.522. The third-order valence-corrected chi connectivity index (χ3v) is 4.54. The molecule has 0 radical (unpaired) electrons. The molecular weight excluding hydrogens is 364 g/mol. The Balaban J connectivity index is 1.76. The second-order valence-electron chi connectivity index (χ2n) is 6.41. The third-order valence-electron chi connectivity index (χ3n) is 4.54. The second-order valence-corrected chi connectivity index (χ2v) is 6.41. The summed E-state index contributed by atoms with van der Waals surface area (Å²) in [5, 5.41) is 30.9. The molecule has 7 heteroatoms. The number of carbonyl (C=O) groups is 2. The van der Waals surface area contributed by atoms with Crippen molar-refractivity contribution in [3.8, 4) is 0 Å². The van der Waals surface area contributed by atoms with E-state index >= 15 is 0 Å². The fourth-order valence-electron chi connectivity index (χ4n) is 2.89. The monoisotopic (exact) mass is 384 g/mol. The van der Waals surface area contributed by atoms with Crippen molar-refractivity contribution in [1.82, 2.24) is 0 Å². The predicted octanol–water partition coefficient (Wildman–Crippen LogP) is 1.09. The maximum absolute atomic E-state index is 12.3. The Bertz CT molecular complexity index is 850. The first-order valence-corrected chi connectivity index (χ1v) is 8.67. The van der Waals surface area contributed by atoms with Gasteiger partial charge in [-0.05, 0) is 36.4 Å². The summed E-state index contributed by atoms with van der Waals surface area (Å²) in [6, 6.07) is 16.3. The van der Waals surface area contributed by atoms with Gasteiger partial charge in [0, 0.05) is 0 Å². The Hall–Kier alpha value is -3.00. The van der Waals surface area contributed by atoms with Crippen LogP contribution in [0.15, 0.2) is 72.8 Å². The average Bonchev–Trinajstić information content (AvgIpc) is 2.74. The number of hydrogen-bond acceptors (Lipinski definition) is 7. The van der Waals surface area contributed by atoms with Crippen LogP contribution < -0.4 is 0 Å². The number of aliphatic hydroxyl groups excluding tert-OH is 2. The minimum Gasteiger partial charge on any atom is -0.452 e. The van der Waals surface area contributed by atoms with Gasteiger partial charge in [0.2, 0.25) is 0 Å². The molecule has 28 heavy (non-hydrogen) atoms. The van der Waals surface area contributed by atoms with E-state index in [2.05, 4.69) is 0 Å². The van der Waals surface area contributed by atoms with Crippen molar-refractivity contribution in [1.29, 1.82) is 0 Å². The Labute approximate surface area is 161 Å². The molecule has 1 aliphatic carbocycles. The van der Waals surface area contributed by atoms with Crippen LogP contribution in [0.4, 0.5) is 0 Å². The second kappa shape index (κ2) is 8.35. The number of benzene rings is 2. The Morgan fingerprint density at radius 1 is 0.857 bits per heavy atom. The van der Waals surface area contributed by atoms with E-state index in [9.17, 15) is 24.9 Å². The van der Waals surface area contributed by atoms with Gasteiger partial charge in [-0.25, -0.2) is 9.59 Å². The molecule has 0 saturated carbocycles. The molecular formula is C21H20O7. The van der Waals surface area contributed by atoms with Crippen molar-refractivity contribution in [2.45, 2.75) is 23.9 Å². The molecule has 4 atom stereocenters. The fraction of sp³-hybridized carbons (Fsp3) is 0.238. The zero-order valence-electron chi connectivity index (χ0n) is 14.8. The largest absolute Gasteiger partial charge is 0.452 e. The van der Waals surface area contributed by atoms with Crippen LogP contribution in [-0.4, -0.2) is 57.8 Å². The van der Waals surface area contributed by atoms with E-state index in [1.165, 1.54) is 24.3 Å². The summed E-state index contributed by atoms with van der Waals surface area (Å²) < 4.78 is 10.5. The van der Waals surface area contributed by atoms with Crippen molar-refractivity contribution in [2.24, 2.45) is 0 Å². The highest BCUT2D eigenvalue weighted by Crippen LogP contribution is 2.29. The lowest BCUT2D eigenvalue weighted by Crippen LogP contribution is -2.62. The molecule has 0 bridgehead atoms. The standard InChI is InChI=1S/C21H20O7/c22-13-21(26)17(28-20(25)15-9-5-2-6-10-15)12-11-16(18(21)23)27-19(24)14-7-3-1-4-8-14/h1-12,16-18,22-23,26H,13H2/t16-,17+,18-,21-/m1/s1. The maximum Gasteiger partial charge on any atom is 0.338 e. The van der Waals surface area contributed by atoms with Gasteiger partial charge < -0.3 is 24.8 Å². The number of aliphatic hydroxyl groups is 3. The normalized spacial score (nSPS) is 26.5. The third kappa shape index (κ3) is 3.96. The van der Waals surface area contributed by atoms with Crippen molar-refractivity contribution >= 4 is 11.9 Å². The molecule has 0 aromatic heterocycles. The summed E-state index contributed by atoms with van der Waals surface area (Å²) in [7, 11) is 0. The molecule has 0 aliphatic heterocycles. The summed E-state index contributed by atoms with van der Waals surface area (Å²) in [6.45, 7) is -0.912. The van der Waals surface area contributed by atoms with Crippen LogP contribution in [0.2, 0.25) is 0 Å². The van der Waals surface area contributed by atoms with Crippen LogP contribution in [0.25, 0.3) is 0 Å². The van der Waals surface area contributed by atoms with Gasteiger partial charge in [-0.1, -0.05) is 36.4 Å². The molecule has 7 nitrogen and oxygen atoms in total. The smallest absolute Gasteiger partial charge is 0.338 e. The zero-order chi connectivity index (χ0) is 20.1. The van der Waals surface area contributed by atoms with Crippen molar-refractivity contribution in [3.63, 3.8) is 0 Å². The van der Waals surface area contributed by atoms with E-state index in [4.69, 9.17) is 9.47 Å². The van der Waals surface area contributed by atoms with E-state index < -0.39 is 42.5 Å². The summed E-state index contributed by atoms with van der Waals surface area (Å²) in [5.74, 6) is -1.43. The Morgan fingerprint density at radius 2 is 1.36 bits per heavy atom. The lowest BCUT2D eigenvalue weighted by Gasteiger charge is -2.41. The zero-order valence-corrected chi connectivity index (χ0v) is 14.8. The Morgan fingerprint density at radius 3 is 1.86 bits per heavy atom. The first kappa shape index (κ1) is 19.8. The number of ether oxygens (including phenoxy) is 2. The van der Waals surface area contributed by atoms with Crippen LogP contribution in [-0.2, 0) is 9.47 Å². The highest BCUT2D eigenvalue weighted by Gasteiger charge is 2.51. The molecule has 0 spiro atoms. The summed E-state index contributed by atoms with van der Waals surface area (Å²) in [5.41, 5.74) is -1.71. The van der Waals surface area contributed by atoms with Gasteiger partial charge in [-0.3, -0.25) is 0 Å². The minimum absolute atomic E-state index is 0.253. The SMILES string of the molecule is O=C(O[C@H]1C=C[C@@H](OC(=O)c2ccccc2)[C@@H](O)[C@@]1(O)CO)c1ccccc1. The summed E-state index contributed by atoms with van der Waals surface area (Å²) in [4.78, 5) is 24.5. The Kier molecular flexibility index (Phi) is 5.89. The molecule has 0 unspecified atom stereocenters. The topological polar surface area (TPSA) is 113 Å². The van der Waals surface area contributed by atoms with E-state index in [1.807, 2.05) is 0 Å². The van der Waals surface area contributed by atoms with Crippen molar-refractivity contribution in [3.05, 3.63) is 83.9 Å². The van der Waals surface area contributed by atoms with Gasteiger partial charge in [0.1, 0.15) is 12.2 Å². The highest BCUT2D eigenvalue weighted by molar-refractivity contribution is 5.90. The molecule has 3 rings (SSSR count). The molecule has 0 heterocycles. The maximum atomic E-state index is 12.3. The van der Waals surface area contributed by atoms with Gasteiger partial charge >= 0.3 is 11.9 Å². The predicted molar refractivity (Wildman–Crippen MR) is 98.5 cm³/mol. The molecule has 146 valence electrons. The summed E-state index contributed by atoms with van der Waals surface area (Å²) in [6.07, 6.45) is -1.65. The van der Waals surface area contributed by atoms with Gasteiger partial charge in [0.05, 0.1) is 17.7 Å². The van der Waals surface area contributed by atoms with E-state index in [0.29, 0.717) is 0 Å². The lowest BCUT2D eigenvalue weighted by molar-refractivity contribution is -0.183. The van der Waals surface area contributed by atoms with Crippen LogP contribution in [0.5, 0.6) is 0 Å². The number of carbonyl (C=O) groups excluding carboxylic acids is 2. The van der Waals surface area contributed by atoms with E-state index in [0.717, 1.165) is 0 Å². The lowest BCUT2D eigenvalue weighted by atomic mass is 9.82. The number of rotatable bonds is 5. The average molecular weight is 384 g/mol. The van der Waals surface area contributed by atoms with Crippen molar-refractivity contribution < 1.29 is 34.4 Å². The molecule has 3 N–H and O–H groups in total. The number of esters is 2. The molecule has 0 saturated heterocycles. The molecule has 1 aliphatic rings.